The summed E-state index contributed by atoms with van der Waals surface area (Å²) >= 11 is 0. The number of hydrogen-bond donors (Lipinski definition) is 0. The molecule has 1 aliphatic rings. The minimum absolute atomic E-state index is 1.15. The van der Waals surface area contributed by atoms with E-state index in [2.05, 4.69) is 0 Å². The second-order valence-corrected chi connectivity index (χ2v) is 3.73. The summed E-state index contributed by atoms with van der Waals surface area (Å²) in [5.74, 6) is 1.15. The van der Waals surface area contributed by atoms with Gasteiger partial charge in [0.1, 0.15) is 0 Å². The van der Waals surface area contributed by atoms with Crippen LogP contribution in [-0.2, 0) is 0 Å². The highest BCUT2D eigenvalue weighted by Gasteiger charge is 2.09. The Morgan fingerprint density at radius 3 is 2.12 bits per heavy atom. The predicted octanol–water partition coefficient (Wildman–Crippen LogP) is 1.35. The van der Waals surface area contributed by atoms with Crippen LogP contribution in [0.25, 0.3) is 0 Å². The maximum absolute atomic E-state index is 1.56. The van der Waals surface area contributed by atoms with Crippen molar-refractivity contribution < 1.29 is 0 Å². The molecule has 48 valence electrons. The molecule has 0 nitrogen and oxygen atoms in total. The lowest BCUT2D eigenvalue weighted by molar-refractivity contribution is 0.385. The van der Waals surface area contributed by atoms with E-state index in [4.69, 9.17) is 0 Å². The molecule has 8 heavy (non-hydrogen) atoms. The summed E-state index contributed by atoms with van der Waals surface area (Å²) in [4.78, 5) is 0. The molecule has 0 saturated heterocycles. The molecule has 1 rings (SSSR count). The maximum atomic E-state index is 1.56. The Morgan fingerprint density at radius 2 is 1.75 bits per heavy atom. The molecule has 0 unspecified atom stereocenters. The molecule has 1 fully saturated rings. The second-order valence-electron chi connectivity index (χ2n) is 2.91. The van der Waals surface area contributed by atoms with Crippen molar-refractivity contribution in [1.29, 1.82) is 0 Å². The average Bonchev–Trinajstić information content (AvgIpc) is 1.90. The van der Waals surface area contributed by atoms with Gasteiger partial charge in [-0.3, -0.25) is 0 Å². The van der Waals surface area contributed by atoms with E-state index in [1.807, 2.05) is 0 Å². The third-order valence-electron chi connectivity index (χ3n) is 2.30. The number of rotatable bonds is 1. The molecular weight excluding hydrogens is 112 g/mol. The lowest BCUT2D eigenvalue weighted by Gasteiger charge is -2.18. The SMILES string of the molecule is [SiH3]CC1CCCCC1. The Bertz CT molecular complexity index is 55.4. The van der Waals surface area contributed by atoms with Gasteiger partial charge in [-0.25, -0.2) is 0 Å². The Morgan fingerprint density at radius 1 is 1.12 bits per heavy atom. The van der Waals surface area contributed by atoms with Gasteiger partial charge in [-0.2, -0.15) is 0 Å². The van der Waals surface area contributed by atoms with Crippen LogP contribution in [0.4, 0.5) is 0 Å². The van der Waals surface area contributed by atoms with Crippen LogP contribution in [0.2, 0.25) is 6.04 Å². The minimum atomic E-state index is 1.15. The number of hydrogen-bond acceptors (Lipinski definition) is 0. The largest absolute Gasteiger partial charge is 0.0631 e. The molecule has 1 saturated carbocycles. The van der Waals surface area contributed by atoms with E-state index < -0.39 is 0 Å². The fourth-order valence-corrected chi connectivity index (χ4v) is 2.41. The topological polar surface area (TPSA) is 0 Å². The van der Waals surface area contributed by atoms with Crippen LogP contribution in [0.1, 0.15) is 32.1 Å². The summed E-state index contributed by atoms with van der Waals surface area (Å²) in [6.07, 6.45) is 7.64. The predicted molar refractivity (Wildman–Crippen MR) is 41.3 cm³/mol. The molecule has 0 aromatic heterocycles. The zero-order valence-electron chi connectivity index (χ0n) is 5.82. The fraction of sp³-hybridized carbons (Fsp3) is 1.00. The third-order valence-corrected chi connectivity index (χ3v) is 3.46. The lowest BCUT2D eigenvalue weighted by atomic mass is 9.91. The molecule has 0 aromatic carbocycles. The van der Waals surface area contributed by atoms with E-state index in [0.29, 0.717) is 0 Å². The molecule has 0 radical (unpaired) electrons. The van der Waals surface area contributed by atoms with E-state index in [9.17, 15) is 0 Å². The summed E-state index contributed by atoms with van der Waals surface area (Å²) in [6, 6.07) is 1.56. The summed E-state index contributed by atoms with van der Waals surface area (Å²) in [7, 11) is 1.43. The monoisotopic (exact) mass is 128 g/mol. The van der Waals surface area contributed by atoms with Crippen LogP contribution in [0.15, 0.2) is 0 Å². The maximum Gasteiger partial charge on any atom is 0.00314 e. The van der Waals surface area contributed by atoms with E-state index in [-0.39, 0.29) is 0 Å². The van der Waals surface area contributed by atoms with Crippen molar-refractivity contribution in [3.8, 4) is 0 Å². The van der Waals surface area contributed by atoms with Gasteiger partial charge in [0.25, 0.3) is 0 Å². The molecule has 1 heteroatoms. The van der Waals surface area contributed by atoms with Crippen LogP contribution >= 0.6 is 0 Å². The second kappa shape index (κ2) is 3.28. The molecule has 0 spiro atoms. The minimum Gasteiger partial charge on any atom is -0.0631 e. The normalized spacial score (nSPS) is 24.0. The third kappa shape index (κ3) is 1.62. The van der Waals surface area contributed by atoms with E-state index in [0.717, 1.165) is 5.92 Å². The van der Waals surface area contributed by atoms with Crippen molar-refractivity contribution in [1.82, 2.24) is 0 Å². The Balaban J connectivity index is 2.13. The summed E-state index contributed by atoms with van der Waals surface area (Å²) < 4.78 is 0. The zero-order valence-corrected chi connectivity index (χ0v) is 7.82. The Kier molecular flexibility index (Phi) is 2.60. The molecule has 0 aromatic rings. The first-order valence-electron chi connectivity index (χ1n) is 3.93. The standard InChI is InChI=1S/C7H16Si/c8-6-7-4-2-1-3-5-7/h7H,1-6H2,8H3. The quantitative estimate of drug-likeness (QED) is 0.468. The van der Waals surface area contributed by atoms with Gasteiger partial charge < -0.3 is 0 Å². The molecule has 0 aliphatic heterocycles. The van der Waals surface area contributed by atoms with Gasteiger partial charge in [0.2, 0.25) is 0 Å². The molecule has 0 heterocycles. The van der Waals surface area contributed by atoms with E-state index >= 15 is 0 Å². The first-order valence-corrected chi connectivity index (χ1v) is 5.35. The summed E-state index contributed by atoms with van der Waals surface area (Å²) in [6.45, 7) is 0. The van der Waals surface area contributed by atoms with Crippen molar-refractivity contribution in [2.75, 3.05) is 0 Å². The Hall–Kier alpha value is 0.217. The fourth-order valence-electron chi connectivity index (χ4n) is 1.60. The molecule has 0 amide bonds. The smallest absolute Gasteiger partial charge is 0.00314 e. The lowest BCUT2D eigenvalue weighted by Crippen LogP contribution is -2.04. The first kappa shape index (κ1) is 6.34. The van der Waals surface area contributed by atoms with Crippen molar-refractivity contribution in [2.45, 2.75) is 38.1 Å². The molecule has 1 aliphatic carbocycles. The highest BCUT2D eigenvalue weighted by molar-refractivity contribution is 6.08. The highest BCUT2D eigenvalue weighted by atomic mass is 28.1. The van der Waals surface area contributed by atoms with Gasteiger partial charge in [0, 0.05) is 10.2 Å². The van der Waals surface area contributed by atoms with Gasteiger partial charge in [-0.05, 0) is 5.92 Å². The van der Waals surface area contributed by atoms with Gasteiger partial charge in [0.05, 0.1) is 0 Å². The van der Waals surface area contributed by atoms with Crippen LogP contribution in [0, 0.1) is 5.92 Å². The molecular formula is C7H16Si. The zero-order chi connectivity index (χ0) is 5.82. The van der Waals surface area contributed by atoms with Crippen LogP contribution in [0.5, 0.6) is 0 Å². The summed E-state index contributed by atoms with van der Waals surface area (Å²) in [5, 5.41) is 0. The first-order chi connectivity index (χ1) is 3.93. The van der Waals surface area contributed by atoms with Crippen molar-refractivity contribution in [3.63, 3.8) is 0 Å². The van der Waals surface area contributed by atoms with Crippen LogP contribution < -0.4 is 0 Å². The van der Waals surface area contributed by atoms with Crippen molar-refractivity contribution in [2.24, 2.45) is 5.92 Å². The molecule has 0 atom stereocenters. The van der Waals surface area contributed by atoms with Gasteiger partial charge >= 0.3 is 0 Å². The van der Waals surface area contributed by atoms with Crippen molar-refractivity contribution in [3.05, 3.63) is 0 Å². The van der Waals surface area contributed by atoms with Crippen molar-refractivity contribution >= 4 is 10.2 Å². The van der Waals surface area contributed by atoms with E-state index in [1.165, 1.54) is 29.5 Å². The molecule has 0 bridgehead atoms. The highest BCUT2D eigenvalue weighted by Crippen LogP contribution is 2.25. The average molecular weight is 128 g/mol. The summed E-state index contributed by atoms with van der Waals surface area (Å²) in [5.41, 5.74) is 0. The van der Waals surface area contributed by atoms with Gasteiger partial charge in [-0.1, -0.05) is 38.1 Å². The van der Waals surface area contributed by atoms with Crippen LogP contribution in [-0.4, -0.2) is 10.2 Å². The van der Waals surface area contributed by atoms with Crippen LogP contribution in [0.3, 0.4) is 0 Å². The van der Waals surface area contributed by atoms with Gasteiger partial charge in [-0.15, -0.1) is 0 Å². The Labute approximate surface area is 55.1 Å². The van der Waals surface area contributed by atoms with E-state index in [1.54, 1.807) is 18.9 Å². The van der Waals surface area contributed by atoms with Gasteiger partial charge in [0.15, 0.2) is 0 Å². The molecule has 0 N–H and O–H groups in total.